The first kappa shape index (κ1) is 22.7. The van der Waals surface area contributed by atoms with Crippen molar-refractivity contribution in [3.63, 3.8) is 0 Å². The van der Waals surface area contributed by atoms with E-state index in [9.17, 15) is 14.4 Å². The lowest BCUT2D eigenvalue weighted by atomic mass is 9.95. The summed E-state index contributed by atoms with van der Waals surface area (Å²) < 4.78 is 1.80. The molecule has 1 saturated heterocycles. The molecule has 0 bridgehead atoms. The molecule has 1 aliphatic carbocycles. The van der Waals surface area contributed by atoms with Gasteiger partial charge in [0.1, 0.15) is 17.6 Å². The lowest BCUT2D eigenvalue weighted by molar-refractivity contribution is -0.125. The fourth-order valence-corrected chi connectivity index (χ4v) is 5.53. The minimum atomic E-state index is -0.247. The summed E-state index contributed by atoms with van der Waals surface area (Å²) in [6, 6.07) is 0.317. The standard InChI is InChI=1S/C22H32N6O3S/c1-14(2)24-20(30)15-7-6-10-27(11-15)22-26-19-18(32-22)21(31)28(13-23-19)12-17(29)25-16-8-4-3-5-9-16/h13-16H,3-12H2,1-2H3,(H,24,30)(H,25,29)/t15-/m0/s1. The number of aromatic nitrogens is 3. The van der Waals surface area contributed by atoms with Gasteiger partial charge < -0.3 is 15.5 Å². The number of amides is 2. The molecule has 10 heteroatoms. The maximum Gasteiger partial charge on any atom is 0.273 e. The van der Waals surface area contributed by atoms with Crippen molar-refractivity contribution in [1.82, 2.24) is 25.2 Å². The molecular weight excluding hydrogens is 428 g/mol. The third-order valence-electron chi connectivity index (χ3n) is 6.15. The van der Waals surface area contributed by atoms with Crippen molar-refractivity contribution >= 4 is 38.6 Å². The Labute approximate surface area is 191 Å². The number of fused-ring (bicyclic) bond motifs is 1. The van der Waals surface area contributed by atoms with Gasteiger partial charge in [-0.25, -0.2) is 4.98 Å². The zero-order valence-electron chi connectivity index (χ0n) is 18.8. The van der Waals surface area contributed by atoms with Crippen LogP contribution in [0.3, 0.4) is 0 Å². The topological polar surface area (TPSA) is 109 Å². The molecule has 0 unspecified atom stereocenters. The van der Waals surface area contributed by atoms with Crippen LogP contribution in [0.5, 0.6) is 0 Å². The fourth-order valence-electron chi connectivity index (χ4n) is 4.53. The maximum atomic E-state index is 13.0. The van der Waals surface area contributed by atoms with E-state index in [-0.39, 0.29) is 41.9 Å². The molecule has 32 heavy (non-hydrogen) atoms. The van der Waals surface area contributed by atoms with E-state index in [0.717, 1.165) is 45.1 Å². The fraction of sp³-hybridized carbons (Fsp3) is 0.682. The van der Waals surface area contributed by atoms with Crippen molar-refractivity contribution in [2.75, 3.05) is 18.0 Å². The Kier molecular flexibility index (Phi) is 7.07. The van der Waals surface area contributed by atoms with Crippen LogP contribution in [-0.2, 0) is 16.1 Å². The third-order valence-corrected chi connectivity index (χ3v) is 7.24. The lowest BCUT2D eigenvalue weighted by Gasteiger charge is -2.32. The first-order chi connectivity index (χ1) is 15.4. The number of anilines is 1. The number of nitrogens with one attached hydrogen (secondary N) is 2. The lowest BCUT2D eigenvalue weighted by Crippen LogP contribution is -2.44. The van der Waals surface area contributed by atoms with Gasteiger partial charge >= 0.3 is 0 Å². The predicted octanol–water partition coefficient (Wildman–Crippen LogP) is 2.04. The van der Waals surface area contributed by atoms with Crippen LogP contribution in [0.25, 0.3) is 10.3 Å². The van der Waals surface area contributed by atoms with Crippen molar-refractivity contribution < 1.29 is 9.59 Å². The SMILES string of the molecule is CC(C)NC(=O)[C@H]1CCCN(c2nc3ncn(CC(=O)NC4CCCCC4)c(=O)c3s2)C1. The minimum absolute atomic E-state index is 0.0351. The van der Waals surface area contributed by atoms with Gasteiger partial charge in [0.2, 0.25) is 11.8 Å². The van der Waals surface area contributed by atoms with Crippen LogP contribution in [0.4, 0.5) is 5.13 Å². The van der Waals surface area contributed by atoms with Gasteiger partial charge in [-0.1, -0.05) is 30.6 Å². The molecule has 1 saturated carbocycles. The van der Waals surface area contributed by atoms with Crippen LogP contribution in [0, 0.1) is 5.92 Å². The van der Waals surface area contributed by atoms with Crippen LogP contribution >= 0.6 is 11.3 Å². The van der Waals surface area contributed by atoms with E-state index < -0.39 is 0 Å². The van der Waals surface area contributed by atoms with Gasteiger partial charge in [0.25, 0.3) is 5.56 Å². The van der Waals surface area contributed by atoms with Crippen LogP contribution < -0.4 is 21.1 Å². The number of nitrogens with zero attached hydrogens (tertiary/aromatic N) is 4. The minimum Gasteiger partial charge on any atom is -0.354 e. The van der Waals surface area contributed by atoms with Crippen molar-refractivity contribution in [2.45, 2.75) is 77.4 Å². The second-order valence-electron chi connectivity index (χ2n) is 9.18. The first-order valence-electron chi connectivity index (χ1n) is 11.6. The molecule has 3 heterocycles. The van der Waals surface area contributed by atoms with Crippen LogP contribution in [0.2, 0.25) is 0 Å². The molecule has 9 nitrogen and oxygen atoms in total. The molecule has 2 amide bonds. The van der Waals surface area contributed by atoms with E-state index in [2.05, 4.69) is 25.5 Å². The van der Waals surface area contributed by atoms with E-state index >= 15 is 0 Å². The first-order valence-corrected chi connectivity index (χ1v) is 12.4. The van der Waals surface area contributed by atoms with Gasteiger partial charge in [-0.2, -0.15) is 4.98 Å². The molecule has 2 N–H and O–H groups in total. The molecule has 2 aliphatic rings. The van der Waals surface area contributed by atoms with E-state index in [4.69, 9.17) is 0 Å². The van der Waals surface area contributed by atoms with Gasteiger partial charge in [-0.15, -0.1) is 0 Å². The molecule has 2 aromatic rings. The highest BCUT2D eigenvalue weighted by atomic mass is 32.1. The molecular formula is C22H32N6O3S. The number of piperidine rings is 1. The smallest absolute Gasteiger partial charge is 0.273 e. The predicted molar refractivity (Wildman–Crippen MR) is 125 cm³/mol. The quantitative estimate of drug-likeness (QED) is 0.683. The number of carbonyl (C=O) groups is 2. The Morgan fingerprint density at radius 2 is 1.97 bits per heavy atom. The summed E-state index contributed by atoms with van der Waals surface area (Å²) in [6.07, 6.45) is 8.65. The van der Waals surface area contributed by atoms with Gasteiger partial charge in [0.05, 0.1) is 5.92 Å². The molecule has 2 fully saturated rings. The largest absolute Gasteiger partial charge is 0.354 e. The molecule has 4 rings (SSSR count). The van der Waals surface area contributed by atoms with E-state index in [0.29, 0.717) is 22.0 Å². The monoisotopic (exact) mass is 460 g/mol. The van der Waals surface area contributed by atoms with Gasteiger partial charge in [0.15, 0.2) is 10.8 Å². The third kappa shape index (κ3) is 5.28. The van der Waals surface area contributed by atoms with Gasteiger partial charge in [-0.05, 0) is 39.5 Å². The highest BCUT2D eigenvalue weighted by molar-refractivity contribution is 7.22. The molecule has 0 aromatic carbocycles. The molecule has 1 aliphatic heterocycles. The zero-order valence-corrected chi connectivity index (χ0v) is 19.6. The van der Waals surface area contributed by atoms with Gasteiger partial charge in [-0.3, -0.25) is 19.0 Å². The van der Waals surface area contributed by atoms with Crippen molar-refractivity contribution in [2.24, 2.45) is 5.92 Å². The summed E-state index contributed by atoms with van der Waals surface area (Å²) in [4.78, 5) is 48.8. The number of thiazole rings is 1. The summed E-state index contributed by atoms with van der Waals surface area (Å²) in [5.74, 6) is -0.179. The molecule has 0 radical (unpaired) electrons. The molecule has 1 atom stereocenters. The number of rotatable bonds is 6. The van der Waals surface area contributed by atoms with E-state index in [1.165, 1.54) is 28.7 Å². The summed E-state index contributed by atoms with van der Waals surface area (Å²) in [7, 11) is 0. The summed E-state index contributed by atoms with van der Waals surface area (Å²) in [5.41, 5.74) is 0.149. The summed E-state index contributed by atoms with van der Waals surface area (Å²) in [6.45, 7) is 5.25. The number of hydrogen-bond donors (Lipinski definition) is 2. The zero-order chi connectivity index (χ0) is 22.7. The van der Waals surface area contributed by atoms with Gasteiger partial charge in [0, 0.05) is 25.2 Å². The van der Waals surface area contributed by atoms with Crippen LogP contribution in [-0.4, -0.2) is 51.5 Å². The Bertz CT molecular complexity index is 1030. The van der Waals surface area contributed by atoms with Crippen LogP contribution in [0.15, 0.2) is 11.1 Å². The number of carbonyl (C=O) groups excluding carboxylic acids is 2. The summed E-state index contributed by atoms with van der Waals surface area (Å²) >= 11 is 1.29. The molecule has 0 spiro atoms. The molecule has 174 valence electrons. The Hall–Kier alpha value is -2.49. The highest BCUT2D eigenvalue weighted by Gasteiger charge is 2.28. The number of hydrogen-bond acceptors (Lipinski definition) is 7. The normalized spacial score (nSPS) is 20.0. The highest BCUT2D eigenvalue weighted by Crippen LogP contribution is 2.29. The molecule has 2 aromatic heterocycles. The van der Waals surface area contributed by atoms with E-state index in [1.54, 1.807) is 0 Å². The Morgan fingerprint density at radius 3 is 2.72 bits per heavy atom. The maximum absolute atomic E-state index is 13.0. The second-order valence-corrected chi connectivity index (χ2v) is 10.2. The second kappa shape index (κ2) is 9.97. The Balaban J connectivity index is 1.46. The average molecular weight is 461 g/mol. The van der Waals surface area contributed by atoms with Crippen molar-refractivity contribution in [3.05, 3.63) is 16.7 Å². The Morgan fingerprint density at radius 1 is 1.19 bits per heavy atom. The van der Waals surface area contributed by atoms with E-state index in [1.807, 2.05) is 13.8 Å². The van der Waals surface area contributed by atoms with Crippen molar-refractivity contribution in [1.29, 1.82) is 0 Å². The average Bonchev–Trinajstić information content (AvgIpc) is 3.21. The summed E-state index contributed by atoms with van der Waals surface area (Å²) in [5, 5.41) is 6.74. The van der Waals surface area contributed by atoms with Crippen LogP contribution in [0.1, 0.15) is 58.8 Å². The van der Waals surface area contributed by atoms with Crippen molar-refractivity contribution in [3.8, 4) is 0 Å².